The molecule has 2 amide bonds. The third-order valence-electron chi connectivity index (χ3n) is 3.25. The average Bonchev–Trinajstić information content (AvgIpc) is 2.38. The molecule has 0 aliphatic carbocycles. The summed E-state index contributed by atoms with van der Waals surface area (Å²) < 4.78 is 0. The number of carboxylic acid groups (broad SMARTS) is 1. The second kappa shape index (κ2) is 7.61. The van der Waals surface area contributed by atoms with Crippen molar-refractivity contribution in [3.63, 3.8) is 0 Å². The zero-order chi connectivity index (χ0) is 14.3. The number of rotatable bonds is 6. The monoisotopic (exact) mass is 266 g/mol. The van der Waals surface area contributed by atoms with Gasteiger partial charge in [-0.15, -0.1) is 13.2 Å². The first kappa shape index (κ1) is 15.3. The summed E-state index contributed by atoms with van der Waals surface area (Å²) in [4.78, 5) is 26.6. The third kappa shape index (κ3) is 4.43. The lowest BCUT2D eigenvalue weighted by atomic mass is 10.00. The number of hydrogen-bond acceptors (Lipinski definition) is 2. The molecule has 1 aliphatic rings. The van der Waals surface area contributed by atoms with Crippen LogP contribution in [0.2, 0.25) is 0 Å². The smallest absolute Gasteiger partial charge is 0.320 e. The average molecular weight is 266 g/mol. The number of likely N-dealkylation sites (tertiary alicyclic amines) is 1. The molecule has 1 saturated heterocycles. The van der Waals surface area contributed by atoms with Crippen LogP contribution in [-0.2, 0) is 4.79 Å². The van der Waals surface area contributed by atoms with Gasteiger partial charge in [0.05, 0.1) is 6.42 Å². The normalized spacial score (nSPS) is 18.7. The highest BCUT2D eigenvalue weighted by Crippen LogP contribution is 2.21. The van der Waals surface area contributed by atoms with Gasteiger partial charge >= 0.3 is 12.0 Å². The summed E-state index contributed by atoms with van der Waals surface area (Å²) in [6.07, 6.45) is 6.01. The van der Waals surface area contributed by atoms with Crippen molar-refractivity contribution in [3.8, 4) is 0 Å². The van der Waals surface area contributed by atoms with Crippen LogP contribution in [-0.4, -0.2) is 52.6 Å². The van der Waals surface area contributed by atoms with Crippen molar-refractivity contribution in [3.05, 3.63) is 25.3 Å². The fraction of sp³-hybridized carbons (Fsp3) is 0.571. The summed E-state index contributed by atoms with van der Waals surface area (Å²) in [6, 6.07) is -0.318. The summed E-state index contributed by atoms with van der Waals surface area (Å²) in [7, 11) is 0. The first-order valence-corrected chi connectivity index (χ1v) is 6.59. The minimum Gasteiger partial charge on any atom is -0.481 e. The molecule has 1 aliphatic heterocycles. The van der Waals surface area contributed by atoms with E-state index in [-0.39, 0.29) is 18.5 Å². The third-order valence-corrected chi connectivity index (χ3v) is 3.25. The van der Waals surface area contributed by atoms with Gasteiger partial charge in [0, 0.05) is 25.7 Å². The minimum atomic E-state index is -0.858. The molecule has 0 aromatic rings. The van der Waals surface area contributed by atoms with Gasteiger partial charge in [0.25, 0.3) is 0 Å². The van der Waals surface area contributed by atoms with Crippen LogP contribution < -0.4 is 0 Å². The van der Waals surface area contributed by atoms with E-state index in [0.717, 1.165) is 19.3 Å². The Morgan fingerprint density at radius 3 is 2.42 bits per heavy atom. The molecule has 0 aromatic heterocycles. The largest absolute Gasteiger partial charge is 0.481 e. The Bertz CT molecular complexity index is 345. The first-order chi connectivity index (χ1) is 9.10. The number of nitrogens with zero attached hydrogens (tertiary/aromatic N) is 2. The van der Waals surface area contributed by atoms with Crippen molar-refractivity contribution in [1.82, 2.24) is 9.80 Å². The second-order valence-electron chi connectivity index (χ2n) is 4.71. The van der Waals surface area contributed by atoms with Gasteiger partial charge in [-0.05, 0) is 19.3 Å². The van der Waals surface area contributed by atoms with Gasteiger partial charge in [0.1, 0.15) is 0 Å². The quantitative estimate of drug-likeness (QED) is 0.749. The van der Waals surface area contributed by atoms with Crippen LogP contribution in [0.15, 0.2) is 25.3 Å². The van der Waals surface area contributed by atoms with Gasteiger partial charge < -0.3 is 14.9 Å². The molecule has 5 nitrogen and oxygen atoms in total. The lowest BCUT2D eigenvalue weighted by Gasteiger charge is -2.38. The van der Waals surface area contributed by atoms with Gasteiger partial charge in [-0.2, -0.15) is 0 Å². The molecule has 0 aromatic carbocycles. The molecule has 106 valence electrons. The van der Waals surface area contributed by atoms with Crippen LogP contribution in [0.25, 0.3) is 0 Å². The highest BCUT2D eigenvalue weighted by atomic mass is 16.4. The van der Waals surface area contributed by atoms with Crippen LogP contribution >= 0.6 is 0 Å². The maximum Gasteiger partial charge on any atom is 0.320 e. The van der Waals surface area contributed by atoms with Gasteiger partial charge in [0.15, 0.2) is 0 Å². The molecule has 1 rings (SSSR count). The SMILES string of the molecule is C=CCN(CC=C)C(=O)N1CCCCC1CC(=O)O. The first-order valence-electron chi connectivity index (χ1n) is 6.59. The van der Waals surface area contributed by atoms with Gasteiger partial charge in [0.2, 0.25) is 0 Å². The molecular formula is C14H22N2O3. The Kier molecular flexibility index (Phi) is 6.12. The Morgan fingerprint density at radius 1 is 1.26 bits per heavy atom. The number of amides is 2. The zero-order valence-electron chi connectivity index (χ0n) is 11.3. The Morgan fingerprint density at radius 2 is 1.89 bits per heavy atom. The van der Waals surface area contributed by atoms with Crippen LogP contribution in [0.3, 0.4) is 0 Å². The van der Waals surface area contributed by atoms with Crippen molar-refractivity contribution in [2.45, 2.75) is 31.7 Å². The van der Waals surface area contributed by atoms with Crippen molar-refractivity contribution < 1.29 is 14.7 Å². The molecule has 1 fully saturated rings. The summed E-state index contributed by atoms with van der Waals surface area (Å²) in [5.41, 5.74) is 0. The predicted octanol–water partition coefficient (Wildman–Crippen LogP) is 2.11. The van der Waals surface area contributed by atoms with Gasteiger partial charge in [-0.3, -0.25) is 4.79 Å². The summed E-state index contributed by atoms with van der Waals surface area (Å²) >= 11 is 0. The number of hydrogen-bond donors (Lipinski definition) is 1. The van der Waals surface area contributed by atoms with E-state index in [1.54, 1.807) is 22.0 Å². The molecule has 1 N–H and O–H groups in total. The zero-order valence-corrected chi connectivity index (χ0v) is 11.3. The van der Waals surface area contributed by atoms with Crippen LogP contribution in [0.4, 0.5) is 4.79 Å². The van der Waals surface area contributed by atoms with Crippen LogP contribution in [0, 0.1) is 0 Å². The number of urea groups is 1. The molecule has 1 heterocycles. The minimum absolute atomic E-state index is 0.0156. The molecule has 0 radical (unpaired) electrons. The Labute approximate surface area is 114 Å². The van der Waals surface area contributed by atoms with E-state index in [0.29, 0.717) is 19.6 Å². The number of aliphatic carboxylic acids is 1. The van der Waals surface area contributed by atoms with E-state index in [1.165, 1.54) is 0 Å². The maximum absolute atomic E-state index is 12.4. The number of carboxylic acids is 1. The summed E-state index contributed by atoms with van der Waals surface area (Å²) in [6.45, 7) is 8.79. The van der Waals surface area contributed by atoms with Crippen molar-refractivity contribution in [2.75, 3.05) is 19.6 Å². The molecule has 0 bridgehead atoms. The molecule has 0 saturated carbocycles. The molecular weight excluding hydrogens is 244 g/mol. The van der Waals surface area contributed by atoms with Crippen LogP contribution in [0.5, 0.6) is 0 Å². The fourth-order valence-corrected chi connectivity index (χ4v) is 2.39. The lowest BCUT2D eigenvalue weighted by molar-refractivity contribution is -0.138. The van der Waals surface area contributed by atoms with E-state index in [1.807, 2.05) is 0 Å². The lowest BCUT2D eigenvalue weighted by Crippen LogP contribution is -2.51. The molecule has 5 heteroatoms. The number of carbonyl (C=O) groups is 2. The van der Waals surface area contributed by atoms with Crippen molar-refractivity contribution in [2.24, 2.45) is 0 Å². The van der Waals surface area contributed by atoms with E-state index < -0.39 is 5.97 Å². The highest BCUT2D eigenvalue weighted by Gasteiger charge is 2.30. The topological polar surface area (TPSA) is 60.9 Å². The highest BCUT2D eigenvalue weighted by molar-refractivity contribution is 5.76. The van der Waals surface area contributed by atoms with E-state index in [9.17, 15) is 9.59 Å². The Hall–Kier alpha value is -1.78. The van der Waals surface area contributed by atoms with Crippen molar-refractivity contribution in [1.29, 1.82) is 0 Å². The second-order valence-corrected chi connectivity index (χ2v) is 4.71. The number of piperidine rings is 1. The Balaban J connectivity index is 2.76. The summed E-state index contributed by atoms with van der Waals surface area (Å²) in [5.74, 6) is -0.858. The van der Waals surface area contributed by atoms with E-state index >= 15 is 0 Å². The van der Waals surface area contributed by atoms with Gasteiger partial charge in [-0.25, -0.2) is 4.79 Å². The molecule has 0 spiro atoms. The van der Waals surface area contributed by atoms with Crippen LogP contribution in [0.1, 0.15) is 25.7 Å². The van der Waals surface area contributed by atoms with Gasteiger partial charge in [-0.1, -0.05) is 12.2 Å². The summed E-state index contributed by atoms with van der Waals surface area (Å²) in [5, 5.41) is 8.93. The fourth-order valence-electron chi connectivity index (χ4n) is 2.39. The van der Waals surface area contributed by atoms with E-state index in [4.69, 9.17) is 5.11 Å². The maximum atomic E-state index is 12.4. The molecule has 19 heavy (non-hydrogen) atoms. The standard InChI is InChI=1S/C14H22N2O3/c1-3-8-15(9-4-2)14(19)16-10-6-5-7-12(16)11-13(17)18/h3-4,12H,1-2,5-11H2,(H,17,18). The van der Waals surface area contributed by atoms with E-state index in [2.05, 4.69) is 13.2 Å². The predicted molar refractivity (Wildman–Crippen MR) is 74.0 cm³/mol. The number of carbonyl (C=O) groups excluding carboxylic acids is 1. The molecule has 1 atom stereocenters. The molecule has 1 unspecified atom stereocenters. The van der Waals surface area contributed by atoms with Crippen molar-refractivity contribution >= 4 is 12.0 Å².